The van der Waals surface area contributed by atoms with Crippen molar-refractivity contribution in [2.45, 2.75) is 57.8 Å². The normalized spacial score (nSPS) is 54.1. The molecule has 3 fully saturated rings. The molecule has 17 heavy (non-hydrogen) atoms. The fraction of sp³-hybridized carbons (Fsp3) is 0.765. The van der Waals surface area contributed by atoms with E-state index >= 15 is 0 Å². The van der Waals surface area contributed by atoms with E-state index in [1.165, 1.54) is 44.9 Å². The summed E-state index contributed by atoms with van der Waals surface area (Å²) >= 11 is 0. The van der Waals surface area contributed by atoms with Crippen LogP contribution in [0.4, 0.5) is 0 Å². The molecule has 0 amide bonds. The Morgan fingerprint density at radius 3 is 1.71 bits per heavy atom. The van der Waals surface area contributed by atoms with Crippen molar-refractivity contribution in [1.29, 1.82) is 0 Å². The highest BCUT2D eigenvalue weighted by Crippen LogP contribution is 3.02. The molecule has 5 aliphatic carbocycles. The molecule has 0 aromatic carbocycles. The van der Waals surface area contributed by atoms with Crippen LogP contribution in [0.2, 0.25) is 0 Å². The molecule has 0 saturated heterocycles. The third kappa shape index (κ3) is 0.769. The fourth-order valence-corrected chi connectivity index (χ4v) is 6.55. The molecule has 0 radical (unpaired) electrons. The first-order valence-corrected chi connectivity index (χ1v) is 7.82. The molecular weight excluding hydrogens is 204 g/mol. The van der Waals surface area contributed by atoms with Gasteiger partial charge in [-0.15, -0.1) is 0 Å². The molecule has 0 unspecified atom stereocenters. The Morgan fingerprint density at radius 2 is 1.29 bits per heavy atom. The van der Waals surface area contributed by atoms with E-state index in [9.17, 15) is 0 Å². The minimum Gasteiger partial charge on any atom is -0.0847 e. The van der Waals surface area contributed by atoms with Crippen LogP contribution in [0.5, 0.6) is 0 Å². The van der Waals surface area contributed by atoms with Gasteiger partial charge in [0.15, 0.2) is 0 Å². The topological polar surface area (TPSA) is 0 Å². The molecule has 0 bridgehead atoms. The van der Waals surface area contributed by atoms with Crippen molar-refractivity contribution < 1.29 is 0 Å². The second kappa shape index (κ2) is 2.73. The Balaban J connectivity index is 1.59. The Bertz CT molecular complexity index is 401. The highest BCUT2D eigenvalue weighted by atomic mass is 15.0. The van der Waals surface area contributed by atoms with Crippen LogP contribution in [0.1, 0.15) is 57.8 Å². The number of allylic oxidation sites excluding steroid dienone is 4. The van der Waals surface area contributed by atoms with Gasteiger partial charge in [-0.3, -0.25) is 0 Å². The van der Waals surface area contributed by atoms with Crippen molar-refractivity contribution in [2.75, 3.05) is 0 Å². The second-order valence-electron chi connectivity index (χ2n) is 7.02. The van der Waals surface area contributed by atoms with E-state index in [4.69, 9.17) is 0 Å². The van der Waals surface area contributed by atoms with Crippen molar-refractivity contribution in [1.82, 2.24) is 0 Å². The van der Waals surface area contributed by atoms with E-state index in [1.54, 1.807) is 12.8 Å². The molecule has 0 atom stereocenters. The van der Waals surface area contributed by atoms with Gasteiger partial charge in [0.25, 0.3) is 0 Å². The van der Waals surface area contributed by atoms with E-state index in [0.29, 0.717) is 0 Å². The Labute approximate surface area is 104 Å². The van der Waals surface area contributed by atoms with Gasteiger partial charge in [0.05, 0.1) is 0 Å². The highest BCUT2D eigenvalue weighted by Gasteiger charge is 2.98. The standard InChI is InChI=1S/C17H22/c1-2-7-12(6-1)16-14-10-5-11-15(16)17(14,16)13-8-3-4-9-13/h6,8,14-15H,1-5,7,9-11H2. The van der Waals surface area contributed by atoms with Gasteiger partial charge in [-0.1, -0.05) is 29.7 Å². The maximum Gasteiger partial charge on any atom is 0.00854 e. The number of fused-ring (bicyclic) bond motifs is 2. The summed E-state index contributed by atoms with van der Waals surface area (Å²) in [4.78, 5) is 0. The van der Waals surface area contributed by atoms with Gasteiger partial charge in [0.1, 0.15) is 0 Å². The lowest BCUT2D eigenvalue weighted by atomic mass is 9.75. The predicted molar refractivity (Wildman–Crippen MR) is 69.6 cm³/mol. The van der Waals surface area contributed by atoms with Crippen LogP contribution < -0.4 is 0 Å². The van der Waals surface area contributed by atoms with Crippen molar-refractivity contribution in [3.05, 3.63) is 23.3 Å². The summed E-state index contributed by atoms with van der Waals surface area (Å²) < 4.78 is 0. The van der Waals surface area contributed by atoms with Crippen molar-refractivity contribution in [3.8, 4) is 0 Å². The Hall–Kier alpha value is -0.520. The molecule has 90 valence electrons. The van der Waals surface area contributed by atoms with Crippen molar-refractivity contribution in [2.24, 2.45) is 22.7 Å². The first kappa shape index (κ1) is 9.42. The third-order valence-corrected chi connectivity index (χ3v) is 6.85. The van der Waals surface area contributed by atoms with Gasteiger partial charge in [-0.25, -0.2) is 0 Å². The van der Waals surface area contributed by atoms with Crippen LogP contribution >= 0.6 is 0 Å². The Kier molecular flexibility index (Phi) is 1.51. The highest BCUT2D eigenvalue weighted by molar-refractivity contribution is 5.61. The maximum absolute atomic E-state index is 2.63. The minimum atomic E-state index is 0.762. The molecule has 0 spiro atoms. The van der Waals surface area contributed by atoms with Gasteiger partial charge in [-0.2, -0.15) is 0 Å². The minimum absolute atomic E-state index is 0.762. The zero-order valence-electron chi connectivity index (χ0n) is 10.7. The molecule has 5 rings (SSSR count). The second-order valence-corrected chi connectivity index (χ2v) is 7.02. The molecule has 0 N–H and O–H groups in total. The molecule has 0 aliphatic heterocycles. The van der Waals surface area contributed by atoms with Gasteiger partial charge >= 0.3 is 0 Å². The van der Waals surface area contributed by atoms with Crippen LogP contribution in [0.25, 0.3) is 0 Å². The number of rotatable bonds is 2. The summed E-state index contributed by atoms with van der Waals surface area (Å²) in [6.07, 6.45) is 18.4. The van der Waals surface area contributed by atoms with Crippen molar-refractivity contribution in [3.63, 3.8) is 0 Å². The van der Waals surface area contributed by atoms with Gasteiger partial charge in [0.2, 0.25) is 0 Å². The molecular formula is C17H22. The van der Waals surface area contributed by atoms with Crippen LogP contribution in [0.3, 0.4) is 0 Å². The van der Waals surface area contributed by atoms with Crippen LogP contribution in [0.15, 0.2) is 23.3 Å². The summed E-state index contributed by atoms with van der Waals surface area (Å²) in [6, 6.07) is 0. The largest absolute Gasteiger partial charge is 0.0847 e. The van der Waals surface area contributed by atoms with E-state index in [0.717, 1.165) is 22.7 Å². The van der Waals surface area contributed by atoms with E-state index in [-0.39, 0.29) is 0 Å². The van der Waals surface area contributed by atoms with Gasteiger partial charge < -0.3 is 0 Å². The molecule has 0 aromatic heterocycles. The monoisotopic (exact) mass is 226 g/mol. The third-order valence-electron chi connectivity index (χ3n) is 6.85. The summed E-state index contributed by atoms with van der Waals surface area (Å²) in [5, 5.41) is 0. The predicted octanol–water partition coefficient (Wildman–Crippen LogP) is 4.62. The maximum atomic E-state index is 2.63. The number of hydrogen-bond acceptors (Lipinski definition) is 0. The molecule has 3 saturated carbocycles. The summed E-state index contributed by atoms with van der Waals surface area (Å²) in [7, 11) is 0. The zero-order valence-corrected chi connectivity index (χ0v) is 10.7. The molecule has 0 nitrogen and oxygen atoms in total. The average molecular weight is 226 g/mol. The summed E-state index contributed by atoms with van der Waals surface area (Å²) in [5.74, 6) is 2.20. The first-order valence-electron chi connectivity index (χ1n) is 7.82. The Morgan fingerprint density at radius 1 is 0.765 bits per heavy atom. The lowest BCUT2D eigenvalue weighted by Crippen LogP contribution is -2.21. The van der Waals surface area contributed by atoms with Gasteiger partial charge in [-0.05, 0) is 63.2 Å². The summed E-state index contributed by atoms with van der Waals surface area (Å²) in [5.41, 5.74) is 5.36. The van der Waals surface area contributed by atoms with E-state index in [1.807, 2.05) is 11.1 Å². The SMILES string of the molecule is C1=C(C23C4CCCC2C43C2=CCCC2)CCC1. The molecule has 0 heteroatoms. The molecule has 0 heterocycles. The number of hydrogen-bond donors (Lipinski definition) is 0. The quantitative estimate of drug-likeness (QED) is 0.602. The van der Waals surface area contributed by atoms with E-state index in [2.05, 4.69) is 12.2 Å². The summed E-state index contributed by atoms with van der Waals surface area (Å²) in [6.45, 7) is 0. The van der Waals surface area contributed by atoms with Crippen LogP contribution in [0, 0.1) is 22.7 Å². The fourth-order valence-electron chi connectivity index (χ4n) is 6.55. The first-order chi connectivity index (χ1) is 8.43. The lowest BCUT2D eigenvalue weighted by molar-refractivity contribution is 0.259. The van der Waals surface area contributed by atoms with Crippen LogP contribution in [-0.4, -0.2) is 0 Å². The molecule has 0 aromatic rings. The lowest BCUT2D eigenvalue weighted by Gasteiger charge is -2.29. The van der Waals surface area contributed by atoms with E-state index < -0.39 is 0 Å². The van der Waals surface area contributed by atoms with Gasteiger partial charge in [0, 0.05) is 10.8 Å². The van der Waals surface area contributed by atoms with Crippen LogP contribution in [-0.2, 0) is 0 Å². The zero-order chi connectivity index (χ0) is 11.1. The average Bonchev–Trinajstić information content (AvgIpc) is 2.96. The smallest absolute Gasteiger partial charge is 0.00854 e. The van der Waals surface area contributed by atoms with Crippen molar-refractivity contribution >= 4 is 0 Å². The molecule has 5 aliphatic rings.